The molecule has 0 bridgehead atoms. The zero-order valence-corrected chi connectivity index (χ0v) is 11.6. The van der Waals surface area contributed by atoms with Crippen LogP contribution in [0.3, 0.4) is 0 Å². The zero-order chi connectivity index (χ0) is 11.4. The van der Waals surface area contributed by atoms with Crippen LogP contribution >= 0.6 is 23.1 Å². The summed E-state index contributed by atoms with van der Waals surface area (Å²) in [4.78, 5) is 4.37. The van der Waals surface area contributed by atoms with E-state index in [1.807, 2.05) is 17.3 Å². The van der Waals surface area contributed by atoms with Crippen LogP contribution in [-0.4, -0.2) is 22.5 Å². The number of rotatable bonds is 4. The summed E-state index contributed by atoms with van der Waals surface area (Å²) >= 11 is 3.70. The van der Waals surface area contributed by atoms with Crippen LogP contribution in [0.2, 0.25) is 0 Å². The Morgan fingerprint density at radius 1 is 1.56 bits per heavy atom. The molecule has 0 spiro atoms. The smallest absolute Gasteiger partial charge is 0.0795 e. The van der Waals surface area contributed by atoms with E-state index in [4.69, 9.17) is 0 Å². The Morgan fingerprint density at radius 3 is 3.12 bits per heavy atom. The van der Waals surface area contributed by atoms with Gasteiger partial charge in [0.05, 0.1) is 11.2 Å². The summed E-state index contributed by atoms with van der Waals surface area (Å²) in [5.74, 6) is 0. The van der Waals surface area contributed by atoms with Crippen LogP contribution in [0.25, 0.3) is 0 Å². The summed E-state index contributed by atoms with van der Waals surface area (Å²) in [6.45, 7) is 2.22. The Morgan fingerprint density at radius 2 is 2.44 bits per heavy atom. The van der Waals surface area contributed by atoms with Crippen molar-refractivity contribution in [1.82, 2.24) is 10.3 Å². The number of nitrogens with zero attached hydrogens (tertiary/aromatic N) is 1. The minimum absolute atomic E-state index is 0.400. The van der Waals surface area contributed by atoms with Gasteiger partial charge in [0.2, 0.25) is 0 Å². The maximum atomic E-state index is 4.37. The second-order valence-corrected chi connectivity index (χ2v) is 6.38. The van der Waals surface area contributed by atoms with Gasteiger partial charge in [0.25, 0.3) is 0 Å². The van der Waals surface area contributed by atoms with Crippen LogP contribution in [0.4, 0.5) is 0 Å². The van der Waals surface area contributed by atoms with E-state index in [1.165, 1.54) is 31.4 Å². The first kappa shape index (κ1) is 12.4. The van der Waals surface area contributed by atoms with Crippen LogP contribution < -0.4 is 5.32 Å². The fourth-order valence-electron chi connectivity index (χ4n) is 2.39. The van der Waals surface area contributed by atoms with Gasteiger partial charge in [-0.15, -0.1) is 11.3 Å². The lowest BCUT2D eigenvalue weighted by molar-refractivity contribution is 0.351. The van der Waals surface area contributed by atoms with E-state index in [0.29, 0.717) is 12.1 Å². The molecule has 1 aliphatic rings. The fraction of sp³-hybridized carbons (Fsp3) is 0.750. The molecule has 1 aliphatic carbocycles. The van der Waals surface area contributed by atoms with E-state index in [2.05, 4.69) is 28.9 Å². The molecule has 1 aromatic rings. The third-order valence-electron chi connectivity index (χ3n) is 3.34. The summed E-state index contributed by atoms with van der Waals surface area (Å²) in [6, 6.07) is 1.08. The van der Waals surface area contributed by atoms with Crippen LogP contribution in [0.1, 0.15) is 44.3 Å². The van der Waals surface area contributed by atoms with Crippen molar-refractivity contribution in [3.63, 3.8) is 0 Å². The summed E-state index contributed by atoms with van der Waals surface area (Å²) < 4.78 is 0. The molecule has 2 nitrogen and oxygen atoms in total. The standard InChI is InChI=1S/C12H20N2S2/c1-9(12-7-16-8-13-12)14-10-4-3-5-11(6-10)15-2/h7-11,14H,3-6H2,1-2H3. The lowest BCUT2D eigenvalue weighted by atomic mass is 9.94. The lowest BCUT2D eigenvalue weighted by Crippen LogP contribution is -2.36. The van der Waals surface area contributed by atoms with Crippen molar-refractivity contribution in [1.29, 1.82) is 0 Å². The number of hydrogen-bond donors (Lipinski definition) is 1. The van der Waals surface area contributed by atoms with Crippen molar-refractivity contribution in [2.45, 2.75) is 49.9 Å². The predicted octanol–water partition coefficient (Wildman–Crippen LogP) is 3.47. The molecule has 90 valence electrons. The van der Waals surface area contributed by atoms with Gasteiger partial charge in [-0.2, -0.15) is 11.8 Å². The first-order chi connectivity index (χ1) is 7.79. The van der Waals surface area contributed by atoms with Gasteiger partial charge in [-0.25, -0.2) is 4.98 Å². The molecule has 0 aromatic carbocycles. The maximum absolute atomic E-state index is 4.37. The van der Waals surface area contributed by atoms with Crippen LogP contribution in [0, 0.1) is 0 Å². The molecule has 0 saturated heterocycles. The fourth-order valence-corrected chi connectivity index (χ4v) is 3.86. The Bertz CT molecular complexity index is 300. The van der Waals surface area contributed by atoms with Gasteiger partial charge in [-0.3, -0.25) is 0 Å². The predicted molar refractivity (Wildman–Crippen MR) is 73.2 cm³/mol. The Labute approximate surface area is 106 Å². The highest BCUT2D eigenvalue weighted by Crippen LogP contribution is 2.28. The molecule has 16 heavy (non-hydrogen) atoms. The number of thiazole rings is 1. The molecule has 1 heterocycles. The lowest BCUT2D eigenvalue weighted by Gasteiger charge is -2.30. The highest BCUT2D eigenvalue weighted by Gasteiger charge is 2.22. The van der Waals surface area contributed by atoms with Crippen molar-refractivity contribution in [2.75, 3.05) is 6.26 Å². The molecule has 2 rings (SSSR count). The molecule has 4 heteroatoms. The topological polar surface area (TPSA) is 24.9 Å². The normalized spacial score (nSPS) is 27.9. The average Bonchev–Trinajstić information content (AvgIpc) is 2.83. The number of nitrogens with one attached hydrogen (secondary N) is 1. The van der Waals surface area contributed by atoms with E-state index in [-0.39, 0.29) is 0 Å². The number of hydrogen-bond acceptors (Lipinski definition) is 4. The molecular weight excluding hydrogens is 236 g/mol. The van der Waals surface area contributed by atoms with Gasteiger partial charge in [0.1, 0.15) is 0 Å². The van der Waals surface area contributed by atoms with Gasteiger partial charge < -0.3 is 5.32 Å². The van der Waals surface area contributed by atoms with Gasteiger partial charge in [-0.1, -0.05) is 6.42 Å². The van der Waals surface area contributed by atoms with Gasteiger partial charge in [-0.05, 0) is 32.4 Å². The minimum atomic E-state index is 0.400. The van der Waals surface area contributed by atoms with Crippen molar-refractivity contribution in [3.05, 3.63) is 16.6 Å². The van der Waals surface area contributed by atoms with Crippen LogP contribution in [-0.2, 0) is 0 Å². The van der Waals surface area contributed by atoms with Crippen molar-refractivity contribution >= 4 is 23.1 Å². The molecule has 0 radical (unpaired) electrons. The zero-order valence-electron chi connectivity index (χ0n) is 9.98. The molecule has 1 aromatic heterocycles. The second-order valence-electron chi connectivity index (χ2n) is 4.52. The third-order valence-corrected chi connectivity index (χ3v) is 5.04. The van der Waals surface area contributed by atoms with E-state index in [1.54, 1.807) is 11.3 Å². The molecule has 3 unspecified atom stereocenters. The van der Waals surface area contributed by atoms with Crippen LogP contribution in [0.5, 0.6) is 0 Å². The molecule has 1 saturated carbocycles. The first-order valence-corrected chi connectivity index (χ1v) is 8.19. The highest BCUT2D eigenvalue weighted by atomic mass is 32.2. The van der Waals surface area contributed by atoms with Gasteiger partial charge in [0, 0.05) is 22.7 Å². The van der Waals surface area contributed by atoms with Crippen molar-refractivity contribution in [2.24, 2.45) is 0 Å². The monoisotopic (exact) mass is 256 g/mol. The van der Waals surface area contributed by atoms with Crippen molar-refractivity contribution < 1.29 is 0 Å². The van der Waals surface area contributed by atoms with E-state index < -0.39 is 0 Å². The molecule has 3 atom stereocenters. The van der Waals surface area contributed by atoms with E-state index in [9.17, 15) is 0 Å². The van der Waals surface area contributed by atoms with Crippen LogP contribution in [0.15, 0.2) is 10.9 Å². The Kier molecular flexibility index (Phi) is 4.67. The highest BCUT2D eigenvalue weighted by molar-refractivity contribution is 7.99. The summed E-state index contributed by atoms with van der Waals surface area (Å²) in [6.07, 6.45) is 7.63. The molecule has 1 fully saturated rings. The largest absolute Gasteiger partial charge is 0.306 e. The van der Waals surface area contributed by atoms with Gasteiger partial charge >= 0.3 is 0 Å². The average molecular weight is 256 g/mol. The summed E-state index contributed by atoms with van der Waals surface area (Å²) in [5, 5.41) is 6.72. The minimum Gasteiger partial charge on any atom is -0.306 e. The van der Waals surface area contributed by atoms with Crippen molar-refractivity contribution in [3.8, 4) is 0 Å². The Hall–Kier alpha value is -0.0600. The summed E-state index contributed by atoms with van der Waals surface area (Å²) in [7, 11) is 0. The quantitative estimate of drug-likeness (QED) is 0.893. The van der Waals surface area contributed by atoms with E-state index >= 15 is 0 Å². The SMILES string of the molecule is CSC1CCCC(NC(C)c2cscn2)C1. The van der Waals surface area contributed by atoms with E-state index in [0.717, 1.165) is 5.25 Å². The second kappa shape index (κ2) is 6.03. The molecular formula is C12H20N2S2. The molecule has 1 N–H and O–H groups in total. The number of aromatic nitrogens is 1. The number of thioether (sulfide) groups is 1. The molecule has 0 amide bonds. The maximum Gasteiger partial charge on any atom is 0.0795 e. The molecule has 0 aliphatic heterocycles. The summed E-state index contributed by atoms with van der Waals surface area (Å²) in [5.41, 5.74) is 3.11. The Balaban J connectivity index is 1.84. The third kappa shape index (κ3) is 3.22. The first-order valence-electron chi connectivity index (χ1n) is 5.96. The van der Waals surface area contributed by atoms with Gasteiger partial charge in [0.15, 0.2) is 0 Å².